The molecular weight excluding hydrogens is 539 g/mol. The minimum Gasteiger partial charge on any atom is -0.380 e. The van der Waals surface area contributed by atoms with E-state index in [4.69, 9.17) is 4.98 Å². The standard InChI is InChI=1S/C27H24F3N5O2S.C2H6/c1-15-9-17(12-31-21-5-3-4-6-22(21)38-33-25(36)24(29)30)23-20(10-15)26(37)34(2)27(32-23)35-13-16-7-8-19(28)11-18(16)14-35;1-2/h3-11,24,31H,12-14H2,1-2H3,(H,33,36);1-2H3. The van der Waals surface area contributed by atoms with Gasteiger partial charge in [-0.15, -0.1) is 0 Å². The van der Waals surface area contributed by atoms with Gasteiger partial charge in [0.2, 0.25) is 5.95 Å². The van der Waals surface area contributed by atoms with Gasteiger partial charge in [-0.3, -0.25) is 18.9 Å². The highest BCUT2D eigenvalue weighted by atomic mass is 32.2. The Labute approximate surface area is 234 Å². The lowest BCUT2D eigenvalue weighted by Gasteiger charge is -2.21. The fourth-order valence-corrected chi connectivity index (χ4v) is 5.26. The third kappa shape index (κ3) is 6.09. The molecule has 0 saturated carbocycles. The van der Waals surface area contributed by atoms with Gasteiger partial charge in [0.05, 0.1) is 15.8 Å². The zero-order valence-corrected chi connectivity index (χ0v) is 23.4. The lowest BCUT2D eigenvalue weighted by molar-refractivity contribution is -0.129. The molecule has 0 bridgehead atoms. The molecule has 0 unspecified atom stereocenters. The van der Waals surface area contributed by atoms with E-state index in [9.17, 15) is 22.8 Å². The number of hydrogen-bond donors (Lipinski definition) is 2. The minimum absolute atomic E-state index is 0.192. The molecule has 3 aromatic carbocycles. The van der Waals surface area contributed by atoms with Crippen LogP contribution in [0, 0.1) is 12.7 Å². The zero-order chi connectivity index (χ0) is 29.0. The van der Waals surface area contributed by atoms with Crippen LogP contribution in [0.15, 0.2) is 64.3 Å². The Hall–Kier alpha value is -3.99. The lowest BCUT2D eigenvalue weighted by Crippen LogP contribution is -2.28. The van der Waals surface area contributed by atoms with Crippen molar-refractivity contribution in [1.29, 1.82) is 0 Å². The molecule has 1 aliphatic rings. The molecule has 5 rings (SSSR count). The van der Waals surface area contributed by atoms with Gasteiger partial charge in [-0.25, -0.2) is 9.37 Å². The fraction of sp³-hybridized carbons (Fsp3) is 0.276. The quantitative estimate of drug-likeness (QED) is 0.269. The summed E-state index contributed by atoms with van der Waals surface area (Å²) in [5, 5.41) is 3.76. The van der Waals surface area contributed by atoms with Crippen molar-refractivity contribution in [2.45, 2.75) is 51.7 Å². The van der Waals surface area contributed by atoms with E-state index < -0.39 is 12.3 Å². The van der Waals surface area contributed by atoms with Gasteiger partial charge in [0.25, 0.3) is 11.5 Å². The number of hydrogen-bond acceptors (Lipinski definition) is 6. The van der Waals surface area contributed by atoms with Gasteiger partial charge < -0.3 is 10.2 Å². The van der Waals surface area contributed by atoms with E-state index in [-0.39, 0.29) is 11.4 Å². The topological polar surface area (TPSA) is 79.3 Å². The largest absolute Gasteiger partial charge is 0.380 e. The molecule has 210 valence electrons. The predicted octanol–water partition coefficient (Wildman–Crippen LogP) is 5.93. The van der Waals surface area contributed by atoms with Crippen LogP contribution in [0.2, 0.25) is 0 Å². The van der Waals surface area contributed by atoms with Crippen LogP contribution in [0.25, 0.3) is 10.9 Å². The monoisotopic (exact) mass is 569 g/mol. The summed E-state index contributed by atoms with van der Waals surface area (Å²) in [6.45, 7) is 7.14. The van der Waals surface area contributed by atoms with Gasteiger partial charge in [-0.1, -0.05) is 38.1 Å². The van der Waals surface area contributed by atoms with Crippen molar-refractivity contribution in [3.63, 3.8) is 0 Å². The normalized spacial score (nSPS) is 12.2. The van der Waals surface area contributed by atoms with Crippen molar-refractivity contribution in [3.05, 3.63) is 93.0 Å². The van der Waals surface area contributed by atoms with E-state index in [1.807, 2.05) is 31.7 Å². The number of aryl methyl sites for hydroxylation is 1. The molecule has 4 aromatic rings. The minimum atomic E-state index is -3.11. The van der Waals surface area contributed by atoms with Crippen LogP contribution in [0.4, 0.5) is 24.8 Å². The van der Waals surface area contributed by atoms with Crippen LogP contribution in [-0.2, 0) is 31.5 Å². The molecule has 0 aliphatic carbocycles. The first kappa shape index (κ1) is 29.0. The number of aromatic nitrogens is 2. The Morgan fingerprint density at radius 3 is 2.55 bits per heavy atom. The molecule has 1 amide bonds. The Bertz CT molecular complexity index is 1610. The van der Waals surface area contributed by atoms with Gasteiger partial charge in [-0.05, 0) is 71.5 Å². The summed E-state index contributed by atoms with van der Waals surface area (Å²) in [6, 6.07) is 15.4. The SMILES string of the molecule is CC.Cc1cc(CNc2ccccc2SNC(=O)C(F)F)c2nc(N3Cc4ccc(F)cc4C3)n(C)c(=O)c2c1. The lowest BCUT2D eigenvalue weighted by atomic mass is 10.1. The maximum atomic E-state index is 13.8. The summed E-state index contributed by atoms with van der Waals surface area (Å²) in [6.07, 6.45) is -3.11. The smallest absolute Gasteiger partial charge is 0.316 e. The molecule has 0 fully saturated rings. The van der Waals surface area contributed by atoms with Crippen LogP contribution in [-0.4, -0.2) is 21.9 Å². The number of amides is 1. The second-order valence-electron chi connectivity index (χ2n) is 9.08. The highest BCUT2D eigenvalue weighted by Gasteiger charge is 2.24. The fourth-order valence-electron chi connectivity index (χ4n) is 4.56. The van der Waals surface area contributed by atoms with Crippen molar-refractivity contribution >= 4 is 40.4 Å². The molecule has 40 heavy (non-hydrogen) atoms. The summed E-state index contributed by atoms with van der Waals surface area (Å²) in [5.41, 5.74) is 4.48. The first-order valence-electron chi connectivity index (χ1n) is 12.8. The van der Waals surface area contributed by atoms with Crippen molar-refractivity contribution < 1.29 is 18.0 Å². The van der Waals surface area contributed by atoms with Crippen molar-refractivity contribution in [3.8, 4) is 0 Å². The maximum absolute atomic E-state index is 13.8. The van der Waals surface area contributed by atoms with Gasteiger partial charge in [-0.2, -0.15) is 8.78 Å². The molecule has 7 nitrogen and oxygen atoms in total. The van der Waals surface area contributed by atoms with Crippen molar-refractivity contribution in [2.24, 2.45) is 7.05 Å². The van der Waals surface area contributed by atoms with Crippen LogP contribution in [0.5, 0.6) is 0 Å². The third-order valence-corrected chi connectivity index (χ3v) is 7.25. The number of fused-ring (bicyclic) bond motifs is 2. The van der Waals surface area contributed by atoms with Gasteiger partial charge in [0, 0.05) is 32.4 Å². The van der Waals surface area contributed by atoms with Gasteiger partial charge in [0.15, 0.2) is 0 Å². The van der Waals surface area contributed by atoms with Crippen molar-refractivity contribution in [2.75, 3.05) is 10.2 Å². The summed E-state index contributed by atoms with van der Waals surface area (Å²) in [7, 11) is 1.68. The summed E-state index contributed by atoms with van der Waals surface area (Å²) < 4.78 is 42.6. The number of nitrogens with zero attached hydrogens (tertiary/aromatic N) is 3. The highest BCUT2D eigenvalue weighted by molar-refractivity contribution is 7.98. The first-order valence-corrected chi connectivity index (χ1v) is 13.6. The number of halogens is 3. The Balaban J connectivity index is 0.00000181. The maximum Gasteiger partial charge on any atom is 0.316 e. The number of para-hydroxylation sites is 1. The number of anilines is 2. The van der Waals surface area contributed by atoms with Gasteiger partial charge >= 0.3 is 6.43 Å². The molecule has 0 saturated heterocycles. The molecule has 2 N–H and O–H groups in total. The van der Waals surface area contributed by atoms with Crippen molar-refractivity contribution in [1.82, 2.24) is 14.3 Å². The third-order valence-electron chi connectivity index (χ3n) is 6.37. The molecule has 11 heteroatoms. The molecule has 0 spiro atoms. The Kier molecular flexibility index (Phi) is 9.03. The van der Waals surface area contributed by atoms with E-state index in [2.05, 4.69) is 10.0 Å². The number of carbonyl (C=O) groups is 1. The number of benzene rings is 3. The van der Waals surface area contributed by atoms with E-state index in [0.717, 1.165) is 34.2 Å². The number of carbonyl (C=O) groups excluding carboxylic acids is 1. The second kappa shape index (κ2) is 12.5. The van der Waals surface area contributed by atoms with E-state index >= 15 is 0 Å². The number of rotatable bonds is 7. The van der Waals surface area contributed by atoms with Gasteiger partial charge in [0.1, 0.15) is 5.82 Å². The van der Waals surface area contributed by atoms with Crippen LogP contribution in [0.1, 0.15) is 36.1 Å². The molecule has 0 radical (unpaired) electrons. The first-order chi connectivity index (χ1) is 19.2. The van der Waals surface area contributed by atoms with E-state index in [1.165, 1.54) is 16.7 Å². The number of alkyl halides is 2. The molecule has 1 aliphatic heterocycles. The second-order valence-corrected chi connectivity index (χ2v) is 9.93. The molecule has 2 heterocycles. The van der Waals surface area contributed by atoms with E-state index in [0.29, 0.717) is 47.1 Å². The Morgan fingerprint density at radius 1 is 1.07 bits per heavy atom. The average molecular weight is 570 g/mol. The molecule has 1 aromatic heterocycles. The van der Waals surface area contributed by atoms with E-state index in [1.54, 1.807) is 43.4 Å². The highest BCUT2D eigenvalue weighted by Crippen LogP contribution is 2.30. The average Bonchev–Trinajstić information content (AvgIpc) is 3.37. The summed E-state index contributed by atoms with van der Waals surface area (Å²) in [5.74, 6) is -1.19. The predicted molar refractivity (Wildman–Crippen MR) is 153 cm³/mol. The van der Waals surface area contributed by atoms with Crippen LogP contribution >= 0.6 is 11.9 Å². The summed E-state index contributed by atoms with van der Waals surface area (Å²) >= 11 is 0.800. The molecule has 0 atom stereocenters. The Morgan fingerprint density at radius 2 is 1.80 bits per heavy atom. The number of nitrogens with one attached hydrogen (secondary N) is 2. The zero-order valence-electron chi connectivity index (χ0n) is 22.6. The summed E-state index contributed by atoms with van der Waals surface area (Å²) in [4.78, 5) is 32.1. The van der Waals surface area contributed by atoms with Crippen LogP contribution in [0.3, 0.4) is 0 Å². The molecular formula is C29H30F3N5O2S. The van der Waals surface area contributed by atoms with Crippen LogP contribution < -0.4 is 20.5 Å².